The van der Waals surface area contributed by atoms with Crippen molar-refractivity contribution in [1.29, 1.82) is 0 Å². The SMILES string of the molecule is C.CCc1ccc(Cc2cc([C@@H]3O[C@H](CO)[C@@H](O)[C@H](O)[C@H]3O)ccc2Cl)cc1.C[C@H](O)CO. The minimum atomic E-state index is -1.40. The monoisotopic (exact) mass is 484 g/mol. The van der Waals surface area contributed by atoms with Crippen LogP contribution in [0.4, 0.5) is 0 Å². The number of hydrogen-bond acceptors (Lipinski definition) is 7. The summed E-state index contributed by atoms with van der Waals surface area (Å²) >= 11 is 6.36. The lowest BCUT2D eigenvalue weighted by Gasteiger charge is -2.40. The summed E-state index contributed by atoms with van der Waals surface area (Å²) in [6, 6.07) is 13.6. The van der Waals surface area contributed by atoms with Gasteiger partial charge in [-0.3, -0.25) is 0 Å². The molecule has 1 aliphatic rings. The summed E-state index contributed by atoms with van der Waals surface area (Å²) < 4.78 is 5.64. The van der Waals surface area contributed by atoms with Crippen LogP contribution in [0.15, 0.2) is 42.5 Å². The highest BCUT2D eigenvalue weighted by Gasteiger charge is 2.44. The fourth-order valence-electron chi connectivity index (χ4n) is 3.40. The molecule has 1 heterocycles. The number of halogens is 1. The first-order chi connectivity index (χ1) is 15.2. The van der Waals surface area contributed by atoms with Crippen LogP contribution in [-0.4, -0.2) is 74.4 Å². The van der Waals surface area contributed by atoms with Crippen LogP contribution >= 0.6 is 11.6 Å². The van der Waals surface area contributed by atoms with E-state index < -0.39 is 43.2 Å². The smallest absolute Gasteiger partial charge is 0.113 e. The van der Waals surface area contributed by atoms with Gasteiger partial charge in [-0.25, -0.2) is 0 Å². The molecule has 8 heteroatoms. The highest BCUT2D eigenvalue weighted by Crippen LogP contribution is 2.34. The van der Waals surface area contributed by atoms with Gasteiger partial charge < -0.3 is 35.4 Å². The molecule has 1 fully saturated rings. The molecule has 2 aromatic rings. The number of aliphatic hydroxyl groups is 6. The standard InChI is InChI=1S/C21H25ClO5.C3H8O2.CH4/c1-2-12-3-5-13(6-4-12)9-15-10-14(7-8-16(15)22)21-20(26)19(25)18(24)17(11-23)27-21;1-3(5)2-4;/h3-8,10,17-21,23-26H,2,9,11H2,1H3;3-5H,2H2,1H3;1H4/t17-,18-,19+,20-,21+;3-;/m10./s1. The molecule has 0 radical (unpaired) electrons. The molecule has 3 rings (SSSR count). The first-order valence-electron chi connectivity index (χ1n) is 10.7. The minimum Gasteiger partial charge on any atom is -0.394 e. The van der Waals surface area contributed by atoms with Crippen LogP contribution in [0.2, 0.25) is 5.02 Å². The molecule has 0 aromatic heterocycles. The zero-order valence-corrected chi connectivity index (χ0v) is 19.1. The van der Waals surface area contributed by atoms with Crippen LogP contribution < -0.4 is 0 Å². The predicted molar refractivity (Wildman–Crippen MR) is 128 cm³/mol. The molecule has 33 heavy (non-hydrogen) atoms. The normalized spacial score (nSPS) is 25.4. The average Bonchev–Trinajstić information content (AvgIpc) is 2.80. The largest absolute Gasteiger partial charge is 0.394 e. The molecule has 6 atom stereocenters. The fraction of sp³-hybridized carbons (Fsp3) is 0.520. The van der Waals surface area contributed by atoms with Crippen LogP contribution in [0.1, 0.15) is 49.6 Å². The third-order valence-corrected chi connectivity index (χ3v) is 5.75. The molecule has 0 unspecified atom stereocenters. The lowest BCUT2D eigenvalue weighted by Crippen LogP contribution is -2.55. The molecule has 7 nitrogen and oxygen atoms in total. The first kappa shape index (κ1) is 29.5. The summed E-state index contributed by atoms with van der Waals surface area (Å²) in [5, 5.41) is 56.3. The van der Waals surface area contributed by atoms with Crippen LogP contribution in [0.5, 0.6) is 0 Å². The van der Waals surface area contributed by atoms with Gasteiger partial charge >= 0.3 is 0 Å². The van der Waals surface area contributed by atoms with Gasteiger partial charge in [0.25, 0.3) is 0 Å². The van der Waals surface area contributed by atoms with E-state index in [4.69, 9.17) is 26.6 Å². The van der Waals surface area contributed by atoms with Crippen LogP contribution in [-0.2, 0) is 17.6 Å². The Morgan fingerprint density at radius 2 is 1.52 bits per heavy atom. The molecular formula is C25H37ClO7. The van der Waals surface area contributed by atoms with Crippen molar-refractivity contribution >= 4 is 11.6 Å². The third-order valence-electron chi connectivity index (χ3n) is 5.38. The summed E-state index contributed by atoms with van der Waals surface area (Å²) in [7, 11) is 0. The Morgan fingerprint density at radius 1 is 0.939 bits per heavy atom. The second kappa shape index (κ2) is 14.0. The van der Waals surface area contributed by atoms with Crippen molar-refractivity contribution in [3.8, 4) is 0 Å². The van der Waals surface area contributed by atoms with E-state index in [1.54, 1.807) is 12.1 Å². The Kier molecular flexibility index (Phi) is 12.5. The van der Waals surface area contributed by atoms with Crippen molar-refractivity contribution in [3.63, 3.8) is 0 Å². The topological polar surface area (TPSA) is 131 Å². The van der Waals surface area contributed by atoms with Crippen molar-refractivity contribution in [2.75, 3.05) is 13.2 Å². The van der Waals surface area contributed by atoms with E-state index in [2.05, 4.69) is 31.2 Å². The summed E-state index contributed by atoms with van der Waals surface area (Å²) in [6.07, 6.45) is -4.84. The van der Waals surface area contributed by atoms with Crippen LogP contribution in [0, 0.1) is 0 Å². The number of benzene rings is 2. The summed E-state index contributed by atoms with van der Waals surface area (Å²) in [5.41, 5.74) is 3.88. The van der Waals surface area contributed by atoms with E-state index in [1.807, 2.05) is 6.07 Å². The maximum absolute atomic E-state index is 10.3. The van der Waals surface area contributed by atoms with E-state index in [-0.39, 0.29) is 14.0 Å². The van der Waals surface area contributed by atoms with Crippen LogP contribution in [0.3, 0.4) is 0 Å². The molecular weight excluding hydrogens is 448 g/mol. The highest BCUT2D eigenvalue weighted by molar-refractivity contribution is 6.31. The number of rotatable bonds is 6. The highest BCUT2D eigenvalue weighted by atomic mass is 35.5. The van der Waals surface area contributed by atoms with E-state index in [0.29, 0.717) is 17.0 Å². The number of aryl methyl sites for hydroxylation is 1. The third kappa shape index (κ3) is 8.02. The van der Waals surface area contributed by atoms with E-state index in [0.717, 1.165) is 17.5 Å². The van der Waals surface area contributed by atoms with Gasteiger partial charge in [-0.15, -0.1) is 0 Å². The van der Waals surface area contributed by atoms with E-state index >= 15 is 0 Å². The van der Waals surface area contributed by atoms with Gasteiger partial charge in [0.05, 0.1) is 19.3 Å². The van der Waals surface area contributed by atoms with Gasteiger partial charge in [0.1, 0.15) is 30.5 Å². The maximum atomic E-state index is 10.3. The summed E-state index contributed by atoms with van der Waals surface area (Å²) in [6.45, 7) is 3.04. The van der Waals surface area contributed by atoms with Gasteiger partial charge in [-0.05, 0) is 48.1 Å². The van der Waals surface area contributed by atoms with Gasteiger partial charge in [0.2, 0.25) is 0 Å². The Hall–Kier alpha value is -1.55. The van der Waals surface area contributed by atoms with Crippen molar-refractivity contribution in [2.45, 2.75) is 70.7 Å². The number of aliphatic hydroxyl groups excluding tert-OH is 6. The molecule has 0 amide bonds. The Balaban J connectivity index is 0.000000821. The summed E-state index contributed by atoms with van der Waals surface area (Å²) in [5.74, 6) is 0. The van der Waals surface area contributed by atoms with Crippen molar-refractivity contribution in [1.82, 2.24) is 0 Å². The predicted octanol–water partition coefficient (Wildman–Crippen LogP) is 2.00. The minimum absolute atomic E-state index is 0. The fourth-order valence-corrected chi connectivity index (χ4v) is 3.58. The molecule has 1 aliphatic heterocycles. The second-order valence-electron chi connectivity index (χ2n) is 7.98. The summed E-state index contributed by atoms with van der Waals surface area (Å²) in [4.78, 5) is 0. The molecule has 2 aromatic carbocycles. The zero-order valence-electron chi connectivity index (χ0n) is 18.3. The number of ether oxygens (including phenoxy) is 1. The molecule has 0 bridgehead atoms. The zero-order chi connectivity index (χ0) is 23.8. The maximum Gasteiger partial charge on any atom is 0.113 e. The Labute approximate surface area is 200 Å². The Morgan fingerprint density at radius 3 is 2.03 bits per heavy atom. The Bertz CT molecular complexity index is 826. The van der Waals surface area contributed by atoms with Gasteiger partial charge in [-0.2, -0.15) is 0 Å². The molecule has 186 valence electrons. The lowest BCUT2D eigenvalue weighted by molar-refractivity contribution is -0.231. The van der Waals surface area contributed by atoms with Gasteiger partial charge in [-0.1, -0.05) is 62.3 Å². The van der Waals surface area contributed by atoms with E-state index in [9.17, 15) is 20.4 Å². The molecule has 0 spiro atoms. The number of hydrogen-bond donors (Lipinski definition) is 6. The molecule has 6 N–H and O–H groups in total. The van der Waals surface area contributed by atoms with Gasteiger partial charge in [0, 0.05) is 5.02 Å². The van der Waals surface area contributed by atoms with Crippen LogP contribution in [0.25, 0.3) is 0 Å². The average molecular weight is 485 g/mol. The van der Waals surface area contributed by atoms with Crippen molar-refractivity contribution in [3.05, 3.63) is 69.7 Å². The molecule has 0 saturated carbocycles. The molecule has 1 saturated heterocycles. The van der Waals surface area contributed by atoms with E-state index in [1.165, 1.54) is 12.5 Å². The lowest BCUT2D eigenvalue weighted by atomic mass is 9.90. The van der Waals surface area contributed by atoms with Crippen molar-refractivity contribution < 1.29 is 35.4 Å². The second-order valence-corrected chi connectivity index (χ2v) is 8.39. The first-order valence-corrected chi connectivity index (χ1v) is 11.0. The van der Waals surface area contributed by atoms with Crippen molar-refractivity contribution in [2.24, 2.45) is 0 Å². The van der Waals surface area contributed by atoms with Gasteiger partial charge in [0.15, 0.2) is 0 Å². The molecule has 0 aliphatic carbocycles. The quantitative estimate of drug-likeness (QED) is 0.369.